The van der Waals surface area contributed by atoms with Gasteiger partial charge >= 0.3 is 12.0 Å². The van der Waals surface area contributed by atoms with E-state index >= 15 is 0 Å². The van der Waals surface area contributed by atoms with Gasteiger partial charge in [-0.15, -0.1) is 0 Å². The van der Waals surface area contributed by atoms with Gasteiger partial charge in [0, 0.05) is 6.54 Å². The summed E-state index contributed by atoms with van der Waals surface area (Å²) in [6.45, 7) is 7.36. The summed E-state index contributed by atoms with van der Waals surface area (Å²) in [5.74, 6) is -0.610. The van der Waals surface area contributed by atoms with Crippen LogP contribution in [0.1, 0.15) is 46.5 Å². The number of carboxylic acids is 1. The molecule has 2 N–H and O–H groups in total. The Labute approximate surface area is 125 Å². The van der Waals surface area contributed by atoms with E-state index in [-0.39, 0.29) is 6.03 Å². The number of amides is 2. The Balaban J connectivity index is 2.13. The van der Waals surface area contributed by atoms with Crippen LogP contribution in [0, 0.1) is 5.92 Å². The summed E-state index contributed by atoms with van der Waals surface area (Å²) >= 11 is 0. The second-order valence-corrected chi connectivity index (χ2v) is 7.04. The van der Waals surface area contributed by atoms with Crippen LogP contribution >= 0.6 is 0 Å². The van der Waals surface area contributed by atoms with E-state index in [9.17, 15) is 14.7 Å². The fourth-order valence-electron chi connectivity index (χ4n) is 3.42. The molecule has 0 bridgehead atoms. The van der Waals surface area contributed by atoms with Crippen molar-refractivity contribution in [3.05, 3.63) is 0 Å². The highest BCUT2D eigenvalue weighted by molar-refractivity contribution is 5.86. The monoisotopic (exact) mass is 298 g/mol. The van der Waals surface area contributed by atoms with Crippen molar-refractivity contribution < 1.29 is 19.4 Å². The zero-order chi connectivity index (χ0) is 15.7. The van der Waals surface area contributed by atoms with Crippen LogP contribution in [0.4, 0.5) is 4.79 Å². The van der Waals surface area contributed by atoms with Gasteiger partial charge in [0.15, 0.2) is 0 Å². The van der Waals surface area contributed by atoms with Crippen LogP contribution < -0.4 is 5.32 Å². The van der Waals surface area contributed by atoms with Gasteiger partial charge in [-0.2, -0.15) is 0 Å². The first-order valence-corrected chi connectivity index (χ1v) is 7.68. The number of nitrogens with zero attached hydrogens (tertiary/aromatic N) is 1. The third-order valence-electron chi connectivity index (χ3n) is 4.64. The van der Waals surface area contributed by atoms with Gasteiger partial charge in [-0.1, -0.05) is 19.8 Å². The van der Waals surface area contributed by atoms with Crippen LogP contribution in [0.5, 0.6) is 0 Å². The molecule has 2 amide bonds. The van der Waals surface area contributed by atoms with E-state index in [1.165, 1.54) is 0 Å². The molecule has 0 aromatic heterocycles. The van der Waals surface area contributed by atoms with Crippen LogP contribution in [-0.4, -0.2) is 52.8 Å². The van der Waals surface area contributed by atoms with Gasteiger partial charge in [0.1, 0.15) is 5.54 Å². The molecule has 1 aliphatic carbocycles. The minimum absolute atomic E-state index is 0.292. The highest BCUT2D eigenvalue weighted by Crippen LogP contribution is 2.33. The molecule has 0 aromatic carbocycles. The second-order valence-electron chi connectivity index (χ2n) is 7.04. The van der Waals surface area contributed by atoms with Gasteiger partial charge < -0.3 is 20.1 Å². The summed E-state index contributed by atoms with van der Waals surface area (Å²) in [5.41, 5.74) is -1.54. The first-order valence-electron chi connectivity index (χ1n) is 7.68. The Hall–Kier alpha value is -1.30. The quantitative estimate of drug-likeness (QED) is 0.815. The van der Waals surface area contributed by atoms with Crippen molar-refractivity contribution in [2.45, 2.75) is 57.5 Å². The van der Waals surface area contributed by atoms with Crippen molar-refractivity contribution in [1.82, 2.24) is 10.2 Å². The molecule has 1 saturated carbocycles. The van der Waals surface area contributed by atoms with Crippen LogP contribution in [0.2, 0.25) is 0 Å². The molecule has 6 nitrogen and oxygen atoms in total. The Morgan fingerprint density at radius 1 is 1.38 bits per heavy atom. The molecule has 1 heterocycles. The summed E-state index contributed by atoms with van der Waals surface area (Å²) in [4.78, 5) is 26.0. The number of ether oxygens (including phenoxy) is 1. The van der Waals surface area contributed by atoms with Crippen molar-refractivity contribution in [3.63, 3.8) is 0 Å². The summed E-state index contributed by atoms with van der Waals surface area (Å²) in [7, 11) is 0. The highest BCUT2D eigenvalue weighted by atomic mass is 16.5. The standard InChI is InChI=1S/C15H26N2O4/c1-11-5-4-6-15(9-11,12(18)19)16-13(20)17-7-8-21-10-14(17,2)3/h11H,4-10H2,1-3H3,(H,16,20)(H,18,19). The minimum atomic E-state index is -1.12. The van der Waals surface area contributed by atoms with Gasteiger partial charge in [0.25, 0.3) is 0 Å². The lowest BCUT2D eigenvalue weighted by molar-refractivity contribution is -0.146. The Morgan fingerprint density at radius 3 is 2.67 bits per heavy atom. The maximum atomic E-state index is 12.6. The van der Waals surface area contributed by atoms with Gasteiger partial charge in [-0.05, 0) is 32.6 Å². The second kappa shape index (κ2) is 5.83. The molecule has 21 heavy (non-hydrogen) atoms. The van der Waals surface area contributed by atoms with Crippen LogP contribution in [0.3, 0.4) is 0 Å². The lowest BCUT2D eigenvalue weighted by atomic mass is 9.76. The lowest BCUT2D eigenvalue weighted by Crippen LogP contribution is -2.64. The van der Waals surface area contributed by atoms with Crippen LogP contribution in [-0.2, 0) is 9.53 Å². The molecule has 0 spiro atoms. The normalized spacial score (nSPS) is 32.5. The molecule has 2 rings (SSSR count). The molecular weight excluding hydrogens is 272 g/mol. The van der Waals surface area contributed by atoms with Gasteiger partial charge in [0.05, 0.1) is 18.8 Å². The Kier molecular flexibility index (Phi) is 4.46. The van der Waals surface area contributed by atoms with Gasteiger partial charge in [-0.3, -0.25) is 0 Å². The van der Waals surface area contributed by atoms with E-state index in [1.807, 2.05) is 20.8 Å². The predicted octanol–water partition coefficient (Wildman–Crippen LogP) is 1.84. The number of urea groups is 1. The number of carbonyl (C=O) groups is 2. The number of morpholine rings is 1. The van der Waals surface area contributed by atoms with E-state index in [2.05, 4.69) is 5.32 Å². The molecule has 2 fully saturated rings. The molecule has 6 heteroatoms. The van der Waals surface area contributed by atoms with E-state index in [0.29, 0.717) is 38.5 Å². The lowest BCUT2D eigenvalue weighted by Gasteiger charge is -2.45. The minimum Gasteiger partial charge on any atom is -0.480 e. The Morgan fingerprint density at radius 2 is 2.10 bits per heavy atom. The molecule has 0 radical (unpaired) electrons. The largest absolute Gasteiger partial charge is 0.480 e. The molecule has 0 aromatic rings. The fourth-order valence-corrected chi connectivity index (χ4v) is 3.42. The number of carboxylic acid groups (broad SMARTS) is 1. The molecule has 2 aliphatic rings. The van der Waals surface area contributed by atoms with E-state index in [0.717, 1.165) is 12.8 Å². The molecule has 2 unspecified atom stereocenters. The molecule has 120 valence electrons. The third-order valence-corrected chi connectivity index (χ3v) is 4.64. The molecule has 2 atom stereocenters. The van der Waals surface area contributed by atoms with E-state index in [1.54, 1.807) is 4.90 Å². The van der Waals surface area contributed by atoms with Crippen molar-refractivity contribution in [1.29, 1.82) is 0 Å². The first kappa shape index (κ1) is 16.1. The number of hydrogen-bond acceptors (Lipinski definition) is 3. The highest BCUT2D eigenvalue weighted by Gasteiger charge is 2.45. The maximum absolute atomic E-state index is 12.6. The predicted molar refractivity (Wildman–Crippen MR) is 78.1 cm³/mol. The zero-order valence-corrected chi connectivity index (χ0v) is 13.1. The number of nitrogens with one attached hydrogen (secondary N) is 1. The number of carbonyl (C=O) groups excluding carboxylic acids is 1. The Bertz CT molecular complexity index is 424. The number of hydrogen-bond donors (Lipinski definition) is 2. The van der Waals surface area contributed by atoms with Gasteiger partial charge in [0.2, 0.25) is 0 Å². The fraction of sp³-hybridized carbons (Fsp3) is 0.867. The summed E-state index contributed by atoms with van der Waals surface area (Å²) < 4.78 is 5.41. The summed E-state index contributed by atoms with van der Waals surface area (Å²) in [6.07, 6.45) is 2.86. The SMILES string of the molecule is CC1CCCC(NC(=O)N2CCOCC2(C)C)(C(=O)O)C1. The van der Waals surface area contributed by atoms with Crippen molar-refractivity contribution in [2.24, 2.45) is 5.92 Å². The maximum Gasteiger partial charge on any atom is 0.329 e. The summed E-state index contributed by atoms with van der Waals surface area (Å²) in [5, 5.41) is 12.4. The van der Waals surface area contributed by atoms with Crippen LogP contribution in [0.25, 0.3) is 0 Å². The van der Waals surface area contributed by atoms with Gasteiger partial charge in [-0.25, -0.2) is 9.59 Å². The van der Waals surface area contributed by atoms with E-state index < -0.39 is 17.0 Å². The smallest absolute Gasteiger partial charge is 0.329 e. The molecule has 1 aliphatic heterocycles. The van der Waals surface area contributed by atoms with Crippen LogP contribution in [0.15, 0.2) is 0 Å². The first-order chi connectivity index (χ1) is 9.77. The number of aliphatic carboxylic acids is 1. The third kappa shape index (κ3) is 3.31. The molecular formula is C15H26N2O4. The average molecular weight is 298 g/mol. The average Bonchev–Trinajstić information content (AvgIpc) is 2.37. The molecule has 1 saturated heterocycles. The summed E-state index contributed by atoms with van der Waals surface area (Å²) in [6, 6.07) is -0.292. The van der Waals surface area contributed by atoms with Crippen molar-refractivity contribution in [2.75, 3.05) is 19.8 Å². The van der Waals surface area contributed by atoms with Crippen molar-refractivity contribution >= 4 is 12.0 Å². The van der Waals surface area contributed by atoms with E-state index in [4.69, 9.17) is 4.74 Å². The van der Waals surface area contributed by atoms with Crippen molar-refractivity contribution in [3.8, 4) is 0 Å². The topological polar surface area (TPSA) is 78.9 Å². The zero-order valence-electron chi connectivity index (χ0n) is 13.1. The number of rotatable bonds is 2.